The van der Waals surface area contributed by atoms with Crippen LogP contribution in [0.5, 0.6) is 0 Å². The first kappa shape index (κ1) is 21.5. The summed E-state index contributed by atoms with van der Waals surface area (Å²) in [6.07, 6.45) is 13.3. The lowest BCUT2D eigenvalue weighted by Crippen LogP contribution is -2.44. The molecule has 7 nitrogen and oxygen atoms in total. The van der Waals surface area contributed by atoms with Gasteiger partial charge in [0.25, 0.3) is 0 Å². The van der Waals surface area contributed by atoms with Crippen molar-refractivity contribution in [2.45, 2.75) is 103 Å². The van der Waals surface area contributed by atoms with Gasteiger partial charge < -0.3 is 4.90 Å². The van der Waals surface area contributed by atoms with Gasteiger partial charge in [-0.15, -0.1) is 10.2 Å². The number of carbonyl (C=O) groups is 2. The number of piperidine rings is 1. The molecule has 1 amide bonds. The number of likely N-dealkylation sites (tertiary alicyclic amines) is 1. The Kier molecular flexibility index (Phi) is 10.0. The Labute approximate surface area is 162 Å². The molecular weight excluding hydrogens is 342 g/mol. The predicted molar refractivity (Wildman–Crippen MR) is 104 cm³/mol. The van der Waals surface area contributed by atoms with Crippen molar-refractivity contribution < 1.29 is 9.59 Å². The molecule has 7 heteroatoms. The zero-order chi connectivity index (χ0) is 19.3. The Hall–Kier alpha value is -1.79. The van der Waals surface area contributed by atoms with Gasteiger partial charge in [0, 0.05) is 38.3 Å². The van der Waals surface area contributed by atoms with Crippen LogP contribution in [-0.4, -0.2) is 49.8 Å². The average molecular weight is 378 g/mol. The van der Waals surface area contributed by atoms with Crippen molar-refractivity contribution in [3.8, 4) is 0 Å². The first-order chi connectivity index (χ1) is 13.2. The molecule has 0 aliphatic carbocycles. The lowest BCUT2D eigenvalue weighted by atomic mass is 9.95. The topological polar surface area (TPSA) is 91.8 Å². The Morgan fingerprint density at radius 2 is 2.00 bits per heavy atom. The van der Waals surface area contributed by atoms with E-state index < -0.39 is 0 Å². The monoisotopic (exact) mass is 377 g/mol. The van der Waals surface area contributed by atoms with Crippen LogP contribution in [0.25, 0.3) is 0 Å². The largest absolute Gasteiger partial charge is 0.340 e. The first-order valence-corrected chi connectivity index (χ1v) is 10.7. The van der Waals surface area contributed by atoms with Gasteiger partial charge in [-0.2, -0.15) is 5.21 Å². The zero-order valence-electron chi connectivity index (χ0n) is 16.8. The molecule has 2 rings (SSSR count). The number of aromatic amines is 1. The predicted octanol–water partition coefficient (Wildman–Crippen LogP) is 3.61. The summed E-state index contributed by atoms with van der Waals surface area (Å²) in [5, 5.41) is 13.9. The number of aryl methyl sites for hydroxylation is 1. The molecule has 0 spiro atoms. The van der Waals surface area contributed by atoms with Crippen molar-refractivity contribution in [1.29, 1.82) is 0 Å². The smallest absolute Gasteiger partial charge is 0.222 e. The Balaban J connectivity index is 1.63. The number of nitrogens with zero attached hydrogens (tertiary/aromatic N) is 4. The number of Topliss-reactive ketones (excluding diaryl/α,β-unsaturated/α-hetero) is 1. The first-order valence-electron chi connectivity index (χ1n) is 10.7. The maximum atomic E-state index is 12.3. The Morgan fingerprint density at radius 1 is 1.15 bits per heavy atom. The van der Waals surface area contributed by atoms with E-state index in [9.17, 15) is 9.59 Å². The average Bonchev–Trinajstić information content (AvgIpc) is 3.18. The molecule has 1 saturated heterocycles. The van der Waals surface area contributed by atoms with Crippen molar-refractivity contribution in [3.63, 3.8) is 0 Å². The van der Waals surface area contributed by atoms with Crippen LogP contribution in [-0.2, 0) is 16.0 Å². The van der Waals surface area contributed by atoms with E-state index in [1.54, 1.807) is 0 Å². The van der Waals surface area contributed by atoms with E-state index in [0.717, 1.165) is 83.0 Å². The molecule has 1 atom stereocenters. The summed E-state index contributed by atoms with van der Waals surface area (Å²) in [7, 11) is 0. The normalized spacial score (nSPS) is 17.4. The minimum absolute atomic E-state index is 0.265. The third-order valence-corrected chi connectivity index (χ3v) is 5.44. The molecule has 1 N–H and O–H groups in total. The van der Waals surface area contributed by atoms with Gasteiger partial charge in [-0.1, -0.05) is 37.8 Å². The molecule has 1 aromatic rings. The number of hydrogen-bond acceptors (Lipinski definition) is 5. The summed E-state index contributed by atoms with van der Waals surface area (Å²) in [4.78, 5) is 26.5. The fraction of sp³-hybridized carbons (Fsp3) is 0.850. The fourth-order valence-corrected chi connectivity index (χ4v) is 3.83. The molecule has 2 heterocycles. The number of unbranched alkanes of at least 4 members (excludes halogenated alkanes) is 5. The van der Waals surface area contributed by atoms with Crippen molar-refractivity contribution in [3.05, 3.63) is 5.82 Å². The van der Waals surface area contributed by atoms with Gasteiger partial charge in [0.2, 0.25) is 5.91 Å². The van der Waals surface area contributed by atoms with Gasteiger partial charge in [-0.05, 0) is 38.5 Å². The number of hydrogen-bond donors (Lipinski definition) is 1. The fourth-order valence-electron chi connectivity index (χ4n) is 3.83. The Bertz CT molecular complexity index is 547. The number of aromatic nitrogens is 4. The van der Waals surface area contributed by atoms with E-state index in [4.69, 9.17) is 0 Å². The summed E-state index contributed by atoms with van der Waals surface area (Å²) in [6.45, 7) is 2.98. The van der Waals surface area contributed by atoms with Crippen LogP contribution in [0.15, 0.2) is 0 Å². The molecule has 0 saturated carbocycles. The molecule has 0 aromatic carbocycles. The maximum absolute atomic E-state index is 12.3. The van der Waals surface area contributed by atoms with E-state index in [-0.39, 0.29) is 11.9 Å². The quantitative estimate of drug-likeness (QED) is 0.500. The van der Waals surface area contributed by atoms with E-state index in [0.29, 0.717) is 25.0 Å². The minimum atomic E-state index is 0.265. The van der Waals surface area contributed by atoms with Gasteiger partial charge in [0.1, 0.15) is 5.78 Å². The second-order valence-corrected chi connectivity index (χ2v) is 7.66. The van der Waals surface area contributed by atoms with Crippen molar-refractivity contribution in [2.24, 2.45) is 0 Å². The number of carbonyl (C=O) groups excluding carboxylic acids is 2. The standard InChI is InChI=1S/C20H35N5O2/c1-2-3-6-11-18(26)15-14-17-10-9-13-20(27)25(17)16-8-5-4-7-12-19-21-23-24-22-19/h17H,2-16H2,1H3,(H,21,22,23,24)/t17-/m1/s1. The number of H-pyrrole nitrogens is 1. The van der Waals surface area contributed by atoms with E-state index in [1.165, 1.54) is 0 Å². The van der Waals surface area contributed by atoms with Crippen LogP contribution in [0.2, 0.25) is 0 Å². The summed E-state index contributed by atoms with van der Waals surface area (Å²) in [6, 6.07) is 0.265. The van der Waals surface area contributed by atoms with E-state index in [1.807, 2.05) is 0 Å². The highest BCUT2D eigenvalue weighted by atomic mass is 16.2. The van der Waals surface area contributed by atoms with Crippen molar-refractivity contribution >= 4 is 11.7 Å². The molecule has 0 bridgehead atoms. The summed E-state index contributed by atoms with van der Waals surface area (Å²) < 4.78 is 0. The molecule has 152 valence electrons. The van der Waals surface area contributed by atoms with Crippen molar-refractivity contribution in [1.82, 2.24) is 25.5 Å². The lowest BCUT2D eigenvalue weighted by molar-refractivity contribution is -0.137. The highest BCUT2D eigenvalue weighted by molar-refractivity contribution is 5.79. The maximum Gasteiger partial charge on any atom is 0.222 e. The van der Waals surface area contributed by atoms with Crippen LogP contribution in [0.1, 0.15) is 96.2 Å². The van der Waals surface area contributed by atoms with Gasteiger partial charge in [-0.25, -0.2) is 0 Å². The molecular formula is C20H35N5O2. The second-order valence-electron chi connectivity index (χ2n) is 7.66. The van der Waals surface area contributed by atoms with Gasteiger partial charge in [0.05, 0.1) is 0 Å². The molecule has 1 aliphatic heterocycles. The summed E-state index contributed by atoms with van der Waals surface area (Å²) in [5.41, 5.74) is 0. The number of tetrazole rings is 1. The van der Waals surface area contributed by atoms with Crippen LogP contribution in [0.4, 0.5) is 0 Å². The molecule has 0 unspecified atom stereocenters. The van der Waals surface area contributed by atoms with Gasteiger partial charge in [0.15, 0.2) is 5.82 Å². The van der Waals surface area contributed by atoms with Crippen LogP contribution >= 0.6 is 0 Å². The van der Waals surface area contributed by atoms with Crippen LogP contribution in [0, 0.1) is 0 Å². The SMILES string of the molecule is CCCCCC(=O)CC[C@H]1CCCC(=O)N1CCCCCCc1nn[nH]n1. The number of rotatable bonds is 14. The molecule has 1 fully saturated rings. The molecule has 27 heavy (non-hydrogen) atoms. The van der Waals surface area contributed by atoms with Crippen LogP contribution < -0.4 is 0 Å². The van der Waals surface area contributed by atoms with Gasteiger partial charge >= 0.3 is 0 Å². The lowest BCUT2D eigenvalue weighted by Gasteiger charge is -2.36. The number of nitrogens with one attached hydrogen (secondary N) is 1. The summed E-state index contributed by atoms with van der Waals surface area (Å²) in [5.74, 6) is 1.41. The molecule has 0 radical (unpaired) electrons. The number of ketones is 1. The number of amides is 1. The molecule has 1 aromatic heterocycles. The highest BCUT2D eigenvalue weighted by Crippen LogP contribution is 2.23. The third-order valence-electron chi connectivity index (χ3n) is 5.44. The van der Waals surface area contributed by atoms with Gasteiger partial charge in [-0.3, -0.25) is 9.59 Å². The second kappa shape index (κ2) is 12.6. The van der Waals surface area contributed by atoms with E-state index in [2.05, 4.69) is 32.4 Å². The zero-order valence-corrected chi connectivity index (χ0v) is 16.8. The Morgan fingerprint density at radius 3 is 2.78 bits per heavy atom. The summed E-state index contributed by atoms with van der Waals surface area (Å²) >= 11 is 0. The van der Waals surface area contributed by atoms with E-state index >= 15 is 0 Å². The molecule has 1 aliphatic rings. The van der Waals surface area contributed by atoms with Crippen molar-refractivity contribution in [2.75, 3.05) is 6.54 Å². The highest BCUT2D eigenvalue weighted by Gasteiger charge is 2.27. The van der Waals surface area contributed by atoms with Crippen LogP contribution in [0.3, 0.4) is 0 Å². The minimum Gasteiger partial charge on any atom is -0.340 e. The third kappa shape index (κ3) is 8.18.